The van der Waals surface area contributed by atoms with Gasteiger partial charge in [0.2, 0.25) is 9.84 Å². The number of thiazole rings is 1. The standard InChI is InChI=1S/C8H7BrN2O2S3/c1-4-7(15-8(10)11-4)16(12,13)6-3-2-5(9)14-6/h2-3H,1H3,(H2,10,11). The van der Waals surface area contributed by atoms with Gasteiger partial charge in [0.05, 0.1) is 9.48 Å². The highest BCUT2D eigenvalue weighted by Crippen LogP contribution is 2.35. The average molecular weight is 339 g/mol. The monoisotopic (exact) mass is 338 g/mol. The lowest BCUT2D eigenvalue weighted by molar-refractivity contribution is 0.599. The highest BCUT2D eigenvalue weighted by Gasteiger charge is 2.25. The van der Waals surface area contributed by atoms with Crippen molar-refractivity contribution in [3.63, 3.8) is 0 Å². The van der Waals surface area contributed by atoms with Crippen molar-refractivity contribution < 1.29 is 8.42 Å². The van der Waals surface area contributed by atoms with E-state index in [1.807, 2.05) is 0 Å². The number of nitrogen functional groups attached to an aromatic ring is 1. The molecule has 2 heterocycles. The Morgan fingerprint density at radius 2 is 2.06 bits per heavy atom. The molecule has 2 aromatic rings. The van der Waals surface area contributed by atoms with E-state index in [0.717, 1.165) is 15.1 Å². The molecule has 4 nitrogen and oxygen atoms in total. The van der Waals surface area contributed by atoms with Crippen molar-refractivity contribution in [3.8, 4) is 0 Å². The van der Waals surface area contributed by atoms with Gasteiger partial charge in [0, 0.05) is 0 Å². The van der Waals surface area contributed by atoms with Gasteiger partial charge in [0.1, 0.15) is 8.42 Å². The number of thiophene rings is 1. The summed E-state index contributed by atoms with van der Waals surface area (Å²) in [7, 11) is -3.46. The van der Waals surface area contributed by atoms with Crippen molar-refractivity contribution in [2.75, 3.05) is 5.73 Å². The number of anilines is 1. The van der Waals surface area contributed by atoms with Gasteiger partial charge in [-0.3, -0.25) is 0 Å². The molecule has 0 saturated carbocycles. The molecule has 0 radical (unpaired) electrons. The topological polar surface area (TPSA) is 73.0 Å². The Kier molecular flexibility index (Phi) is 3.08. The van der Waals surface area contributed by atoms with Crippen LogP contribution in [0.15, 0.2) is 24.3 Å². The first-order valence-corrected chi connectivity index (χ1v) is 8.05. The number of aryl methyl sites for hydroxylation is 1. The van der Waals surface area contributed by atoms with Crippen LogP contribution in [-0.2, 0) is 9.84 Å². The molecular weight excluding hydrogens is 332 g/mol. The smallest absolute Gasteiger partial charge is 0.227 e. The van der Waals surface area contributed by atoms with Gasteiger partial charge < -0.3 is 5.73 Å². The Morgan fingerprint density at radius 3 is 2.50 bits per heavy atom. The number of nitrogens with two attached hydrogens (primary N) is 1. The van der Waals surface area contributed by atoms with Crippen molar-refractivity contribution in [1.82, 2.24) is 4.98 Å². The highest BCUT2D eigenvalue weighted by atomic mass is 79.9. The summed E-state index contributed by atoms with van der Waals surface area (Å²) in [5, 5.41) is 0.270. The second-order valence-corrected chi connectivity index (χ2v) is 8.85. The molecular formula is C8H7BrN2O2S3. The van der Waals surface area contributed by atoms with Crippen molar-refractivity contribution in [2.45, 2.75) is 15.3 Å². The Bertz CT molecular complexity index is 630. The number of halogens is 1. The summed E-state index contributed by atoms with van der Waals surface area (Å²) in [5.74, 6) is 0. The Balaban J connectivity index is 2.59. The zero-order valence-corrected chi connectivity index (χ0v) is 12.1. The average Bonchev–Trinajstić information content (AvgIpc) is 2.73. The van der Waals surface area contributed by atoms with Crippen LogP contribution >= 0.6 is 38.6 Å². The maximum Gasteiger partial charge on any atom is 0.227 e. The van der Waals surface area contributed by atoms with Gasteiger partial charge in [0.25, 0.3) is 0 Å². The molecule has 0 aliphatic heterocycles. The molecule has 0 aliphatic rings. The van der Waals surface area contributed by atoms with Gasteiger partial charge >= 0.3 is 0 Å². The number of sulfone groups is 1. The van der Waals surface area contributed by atoms with E-state index in [2.05, 4.69) is 20.9 Å². The minimum absolute atomic E-state index is 0.222. The fraction of sp³-hybridized carbons (Fsp3) is 0.125. The van der Waals surface area contributed by atoms with Crippen LogP contribution in [0.5, 0.6) is 0 Å². The number of rotatable bonds is 2. The summed E-state index contributed by atoms with van der Waals surface area (Å²) in [6.45, 7) is 1.64. The molecule has 0 unspecified atom stereocenters. The van der Waals surface area contributed by atoms with E-state index in [-0.39, 0.29) is 9.34 Å². The molecule has 0 aromatic carbocycles. The molecule has 2 aromatic heterocycles. The summed E-state index contributed by atoms with van der Waals surface area (Å²) >= 11 is 5.41. The highest BCUT2D eigenvalue weighted by molar-refractivity contribution is 9.11. The van der Waals surface area contributed by atoms with Gasteiger partial charge in [0.15, 0.2) is 5.13 Å². The largest absolute Gasteiger partial charge is 0.375 e. The van der Waals surface area contributed by atoms with E-state index in [1.165, 1.54) is 11.3 Å². The van der Waals surface area contributed by atoms with Crippen LogP contribution < -0.4 is 5.73 Å². The fourth-order valence-corrected chi connectivity index (χ4v) is 6.14. The molecule has 2 rings (SSSR count). The van der Waals surface area contributed by atoms with Crippen molar-refractivity contribution in [3.05, 3.63) is 21.6 Å². The zero-order chi connectivity index (χ0) is 11.9. The van der Waals surface area contributed by atoms with E-state index < -0.39 is 9.84 Å². The minimum atomic E-state index is -3.46. The van der Waals surface area contributed by atoms with Crippen LogP contribution in [0.3, 0.4) is 0 Å². The van der Waals surface area contributed by atoms with Crippen LogP contribution in [0.1, 0.15) is 5.69 Å². The quantitative estimate of drug-likeness (QED) is 0.913. The third kappa shape index (κ3) is 2.02. The fourth-order valence-electron chi connectivity index (χ4n) is 1.19. The molecule has 0 atom stereocenters. The van der Waals surface area contributed by atoms with Gasteiger partial charge in [-0.1, -0.05) is 11.3 Å². The Morgan fingerprint density at radius 1 is 1.38 bits per heavy atom. The molecule has 0 aliphatic carbocycles. The second-order valence-electron chi connectivity index (χ2n) is 2.99. The number of nitrogens with zero attached hydrogens (tertiary/aromatic N) is 1. The molecule has 2 N–H and O–H groups in total. The normalized spacial score (nSPS) is 11.9. The van der Waals surface area contributed by atoms with Crippen LogP contribution in [0.4, 0.5) is 5.13 Å². The lowest BCUT2D eigenvalue weighted by atomic mass is 10.6. The van der Waals surface area contributed by atoms with Crippen molar-refractivity contribution in [1.29, 1.82) is 0 Å². The SMILES string of the molecule is Cc1nc(N)sc1S(=O)(=O)c1ccc(Br)s1. The van der Waals surface area contributed by atoms with E-state index in [9.17, 15) is 8.42 Å². The lowest BCUT2D eigenvalue weighted by Gasteiger charge is -1.97. The van der Waals surface area contributed by atoms with Crippen molar-refractivity contribution in [2.24, 2.45) is 0 Å². The van der Waals surface area contributed by atoms with E-state index in [0.29, 0.717) is 9.90 Å². The molecule has 0 bridgehead atoms. The zero-order valence-electron chi connectivity index (χ0n) is 8.10. The van der Waals surface area contributed by atoms with Gasteiger partial charge in [-0.2, -0.15) is 0 Å². The van der Waals surface area contributed by atoms with Crippen LogP contribution in [-0.4, -0.2) is 13.4 Å². The van der Waals surface area contributed by atoms with Crippen LogP contribution in [0.25, 0.3) is 0 Å². The first-order chi connectivity index (χ1) is 7.41. The summed E-state index contributed by atoms with van der Waals surface area (Å²) in [6.07, 6.45) is 0. The maximum atomic E-state index is 12.2. The summed E-state index contributed by atoms with van der Waals surface area (Å²) in [4.78, 5) is 3.92. The van der Waals surface area contributed by atoms with Gasteiger partial charge in [-0.05, 0) is 35.0 Å². The Labute approximate surface area is 109 Å². The van der Waals surface area contributed by atoms with Crippen LogP contribution in [0, 0.1) is 6.92 Å². The molecule has 8 heteroatoms. The Hall–Kier alpha value is -0.440. The molecule has 0 amide bonds. The first-order valence-electron chi connectivity index (χ1n) is 4.14. The molecule has 86 valence electrons. The van der Waals surface area contributed by atoms with Gasteiger partial charge in [-0.15, -0.1) is 11.3 Å². The second kappa shape index (κ2) is 4.10. The summed E-state index contributed by atoms with van der Waals surface area (Å²) in [5.41, 5.74) is 5.95. The minimum Gasteiger partial charge on any atom is -0.375 e. The lowest BCUT2D eigenvalue weighted by Crippen LogP contribution is -1.98. The van der Waals surface area contributed by atoms with Crippen molar-refractivity contribution >= 4 is 53.6 Å². The molecule has 0 fully saturated rings. The third-order valence-electron chi connectivity index (χ3n) is 1.83. The van der Waals surface area contributed by atoms with Gasteiger partial charge in [-0.25, -0.2) is 13.4 Å². The molecule has 16 heavy (non-hydrogen) atoms. The summed E-state index contributed by atoms with van der Waals surface area (Å²) < 4.78 is 25.7. The number of hydrogen-bond acceptors (Lipinski definition) is 6. The third-order valence-corrected chi connectivity index (χ3v) is 7.29. The van der Waals surface area contributed by atoms with E-state index >= 15 is 0 Å². The molecule has 0 saturated heterocycles. The maximum absolute atomic E-state index is 12.2. The van der Waals surface area contributed by atoms with E-state index in [1.54, 1.807) is 19.1 Å². The number of hydrogen-bond donors (Lipinski definition) is 1. The summed E-state index contributed by atoms with van der Waals surface area (Å²) in [6, 6.07) is 3.27. The number of aromatic nitrogens is 1. The predicted molar refractivity (Wildman–Crippen MR) is 68.7 cm³/mol. The molecule has 0 spiro atoms. The first kappa shape index (κ1) is 12.0. The predicted octanol–water partition coefficient (Wildman–Crippen LogP) is 2.69. The van der Waals surface area contributed by atoms with E-state index in [4.69, 9.17) is 5.73 Å². The van der Waals surface area contributed by atoms with Crippen LogP contribution in [0.2, 0.25) is 0 Å².